The average molecular weight is 432 g/mol. The highest BCUT2D eigenvalue weighted by atomic mass is 79.9. The molecule has 1 unspecified atom stereocenters. The molecule has 1 aliphatic rings. The van der Waals surface area contributed by atoms with Crippen molar-refractivity contribution >= 4 is 33.4 Å². The van der Waals surface area contributed by atoms with Crippen LogP contribution in [0.4, 0.5) is 0 Å². The van der Waals surface area contributed by atoms with Gasteiger partial charge in [0.2, 0.25) is 0 Å². The summed E-state index contributed by atoms with van der Waals surface area (Å²) in [7, 11) is 0. The molecule has 3 rings (SSSR count). The smallest absolute Gasteiger partial charge is 0.295 e. The second-order valence-corrected chi connectivity index (χ2v) is 7.61. The largest absolute Gasteiger partial charge is 0.507 e. The quantitative estimate of drug-likeness (QED) is 0.415. The van der Waals surface area contributed by atoms with Crippen LogP contribution in [0.5, 0.6) is 0 Å². The van der Waals surface area contributed by atoms with E-state index in [1.54, 1.807) is 31.2 Å². The second-order valence-electron chi connectivity index (χ2n) is 6.76. The summed E-state index contributed by atoms with van der Waals surface area (Å²) in [6, 6.07) is 8.14. The minimum atomic E-state index is -0.714. The first-order valence-electron chi connectivity index (χ1n) is 8.96. The molecular formula is C21H22BrNO4. The lowest BCUT2D eigenvalue weighted by atomic mass is 9.98. The Balaban J connectivity index is 2.16. The van der Waals surface area contributed by atoms with Gasteiger partial charge in [0, 0.05) is 16.6 Å². The second kappa shape index (κ2) is 7.72. The van der Waals surface area contributed by atoms with Crippen molar-refractivity contribution in [2.24, 2.45) is 0 Å². The van der Waals surface area contributed by atoms with Gasteiger partial charge in [-0.25, -0.2) is 0 Å². The van der Waals surface area contributed by atoms with Gasteiger partial charge in [-0.3, -0.25) is 9.59 Å². The molecule has 1 saturated heterocycles. The Hall–Kier alpha value is -2.34. The van der Waals surface area contributed by atoms with Crippen LogP contribution in [0, 0.1) is 13.8 Å². The Morgan fingerprint density at radius 2 is 1.96 bits per heavy atom. The van der Waals surface area contributed by atoms with Crippen LogP contribution in [0.25, 0.3) is 5.76 Å². The van der Waals surface area contributed by atoms with Gasteiger partial charge in [0.05, 0.1) is 5.57 Å². The van der Waals surface area contributed by atoms with Crippen molar-refractivity contribution in [1.29, 1.82) is 0 Å². The third-order valence-electron chi connectivity index (χ3n) is 4.75. The molecule has 0 aliphatic carbocycles. The number of ketones is 1. The zero-order valence-electron chi connectivity index (χ0n) is 15.6. The summed E-state index contributed by atoms with van der Waals surface area (Å²) >= 11 is 3.43. The number of aryl methyl sites for hydroxylation is 2. The van der Waals surface area contributed by atoms with Crippen LogP contribution in [0.2, 0.25) is 0 Å². The number of carbonyl (C=O) groups excluding carboxylic acids is 2. The van der Waals surface area contributed by atoms with Crippen molar-refractivity contribution in [3.63, 3.8) is 0 Å². The SMILES string of the molecule is CCCCN1C(=O)C(=O)/C(=C(\O)c2ccc(Br)c(C)c2)C1c1ccc(C)o1. The summed E-state index contributed by atoms with van der Waals surface area (Å²) in [5.41, 5.74) is 1.49. The van der Waals surface area contributed by atoms with E-state index in [4.69, 9.17) is 4.42 Å². The first-order chi connectivity index (χ1) is 12.8. The number of carbonyl (C=O) groups is 2. The van der Waals surface area contributed by atoms with Crippen molar-refractivity contribution in [3.05, 3.63) is 63.0 Å². The van der Waals surface area contributed by atoms with E-state index in [1.807, 2.05) is 19.9 Å². The Labute approximate surface area is 166 Å². The predicted octanol–water partition coefficient (Wildman–Crippen LogP) is 4.88. The van der Waals surface area contributed by atoms with Crippen molar-refractivity contribution in [3.8, 4) is 0 Å². The van der Waals surface area contributed by atoms with Gasteiger partial charge in [-0.15, -0.1) is 0 Å². The maximum atomic E-state index is 12.8. The predicted molar refractivity (Wildman–Crippen MR) is 106 cm³/mol. The Kier molecular flexibility index (Phi) is 5.56. The van der Waals surface area contributed by atoms with Crippen LogP contribution in [0.15, 0.2) is 44.8 Å². The van der Waals surface area contributed by atoms with E-state index in [9.17, 15) is 14.7 Å². The third-order valence-corrected chi connectivity index (χ3v) is 5.64. The summed E-state index contributed by atoms with van der Waals surface area (Å²) in [6.07, 6.45) is 1.65. The number of Topliss-reactive ketones (excluding diaryl/α,β-unsaturated/α-hetero) is 1. The molecule has 1 aliphatic heterocycles. The van der Waals surface area contributed by atoms with Gasteiger partial charge in [0.25, 0.3) is 11.7 Å². The number of rotatable bonds is 5. The van der Waals surface area contributed by atoms with Crippen LogP contribution in [0.3, 0.4) is 0 Å². The number of hydrogen-bond acceptors (Lipinski definition) is 4. The lowest BCUT2D eigenvalue weighted by molar-refractivity contribution is -0.140. The highest BCUT2D eigenvalue weighted by Gasteiger charge is 2.47. The Morgan fingerprint density at radius 1 is 1.22 bits per heavy atom. The molecule has 0 spiro atoms. The van der Waals surface area contributed by atoms with Crippen molar-refractivity contribution in [2.45, 2.75) is 39.7 Å². The van der Waals surface area contributed by atoms with E-state index in [0.717, 1.165) is 22.9 Å². The number of nitrogens with zero attached hydrogens (tertiary/aromatic N) is 1. The number of aliphatic hydroxyl groups excluding tert-OH is 1. The highest BCUT2D eigenvalue weighted by molar-refractivity contribution is 9.10. The molecule has 2 aromatic rings. The van der Waals surface area contributed by atoms with E-state index in [1.165, 1.54) is 4.90 Å². The van der Waals surface area contributed by atoms with Crippen molar-refractivity contribution in [1.82, 2.24) is 4.90 Å². The molecule has 0 radical (unpaired) electrons. The first-order valence-corrected chi connectivity index (χ1v) is 9.75. The average Bonchev–Trinajstić information content (AvgIpc) is 3.17. The lowest BCUT2D eigenvalue weighted by Crippen LogP contribution is -2.30. The van der Waals surface area contributed by atoms with Crippen molar-refractivity contribution < 1.29 is 19.1 Å². The van der Waals surface area contributed by atoms with E-state index >= 15 is 0 Å². The van der Waals surface area contributed by atoms with Crippen molar-refractivity contribution in [2.75, 3.05) is 6.54 Å². The summed E-state index contributed by atoms with van der Waals surface area (Å²) in [5, 5.41) is 10.9. The number of benzene rings is 1. The van der Waals surface area contributed by atoms with Gasteiger partial charge in [0.15, 0.2) is 0 Å². The molecule has 1 aromatic carbocycles. The van der Waals surface area contributed by atoms with Gasteiger partial charge in [-0.1, -0.05) is 35.3 Å². The van der Waals surface area contributed by atoms with Gasteiger partial charge >= 0.3 is 0 Å². The molecule has 0 saturated carbocycles. The maximum Gasteiger partial charge on any atom is 0.295 e. The normalized spacial score (nSPS) is 19.1. The fraction of sp³-hybridized carbons (Fsp3) is 0.333. The molecule has 6 heteroatoms. The topological polar surface area (TPSA) is 70.8 Å². The molecule has 27 heavy (non-hydrogen) atoms. The van der Waals surface area contributed by atoms with Gasteiger partial charge in [0.1, 0.15) is 23.3 Å². The number of aliphatic hydroxyl groups is 1. The molecule has 1 amide bonds. The lowest BCUT2D eigenvalue weighted by Gasteiger charge is -2.23. The molecule has 142 valence electrons. The minimum Gasteiger partial charge on any atom is -0.507 e. The summed E-state index contributed by atoms with van der Waals surface area (Å²) in [5.74, 6) is -0.285. The Morgan fingerprint density at radius 3 is 2.56 bits per heavy atom. The molecule has 0 bridgehead atoms. The van der Waals surface area contributed by atoms with E-state index < -0.39 is 17.7 Å². The molecule has 1 N–H and O–H groups in total. The number of halogens is 1. The number of hydrogen-bond donors (Lipinski definition) is 1. The Bertz CT molecular complexity index is 928. The van der Waals surface area contributed by atoms with Gasteiger partial charge < -0.3 is 14.4 Å². The van der Waals surface area contributed by atoms with Crippen LogP contribution >= 0.6 is 15.9 Å². The number of unbranched alkanes of at least 4 members (excludes halogenated alkanes) is 1. The molecule has 1 atom stereocenters. The van der Waals surface area contributed by atoms with Crippen LogP contribution in [0.1, 0.15) is 48.5 Å². The number of likely N-dealkylation sites (tertiary alicyclic amines) is 1. The standard InChI is InChI=1S/C21H22BrNO4/c1-4-5-10-23-18(16-9-6-13(3)27-16)17(20(25)21(23)26)19(24)14-7-8-15(22)12(2)11-14/h6-9,11,18,24H,4-5,10H2,1-3H3/b19-17-. The zero-order chi connectivity index (χ0) is 19.7. The zero-order valence-corrected chi connectivity index (χ0v) is 17.2. The molecule has 5 nitrogen and oxygen atoms in total. The van der Waals surface area contributed by atoms with Crippen LogP contribution in [-0.2, 0) is 9.59 Å². The van der Waals surface area contributed by atoms with Crippen LogP contribution in [-0.4, -0.2) is 28.2 Å². The molecule has 1 aromatic heterocycles. The number of furan rings is 1. The molecule has 1 fully saturated rings. The summed E-state index contributed by atoms with van der Waals surface area (Å²) in [4.78, 5) is 26.9. The third kappa shape index (κ3) is 3.58. The van der Waals surface area contributed by atoms with Gasteiger partial charge in [-0.05, 0) is 50.1 Å². The summed E-state index contributed by atoms with van der Waals surface area (Å²) in [6.45, 7) is 6.16. The first kappa shape index (κ1) is 19.4. The fourth-order valence-corrected chi connectivity index (χ4v) is 3.53. The highest BCUT2D eigenvalue weighted by Crippen LogP contribution is 2.40. The maximum absolute atomic E-state index is 12.8. The van der Waals surface area contributed by atoms with E-state index in [2.05, 4.69) is 15.9 Å². The van der Waals surface area contributed by atoms with Crippen LogP contribution < -0.4 is 0 Å². The fourth-order valence-electron chi connectivity index (χ4n) is 3.28. The molecule has 2 heterocycles. The summed E-state index contributed by atoms with van der Waals surface area (Å²) < 4.78 is 6.64. The molecular weight excluding hydrogens is 410 g/mol. The monoisotopic (exact) mass is 431 g/mol. The van der Waals surface area contributed by atoms with Gasteiger partial charge in [-0.2, -0.15) is 0 Å². The minimum absolute atomic E-state index is 0.0761. The van der Waals surface area contributed by atoms with E-state index in [-0.39, 0.29) is 11.3 Å². The van der Waals surface area contributed by atoms with E-state index in [0.29, 0.717) is 23.6 Å². The number of amides is 1.